The third-order valence-corrected chi connectivity index (χ3v) is 7.02. The van der Waals surface area contributed by atoms with Crippen LogP contribution in [0.2, 0.25) is 5.02 Å². The molecule has 0 radical (unpaired) electrons. The summed E-state index contributed by atoms with van der Waals surface area (Å²) in [4.78, 5) is 17.9. The predicted octanol–water partition coefficient (Wildman–Crippen LogP) is 6.10. The molecule has 1 N–H and O–H groups in total. The molecule has 5 rings (SSSR count). The van der Waals surface area contributed by atoms with E-state index in [1.54, 1.807) is 6.07 Å². The molecule has 1 aromatic heterocycles. The van der Waals surface area contributed by atoms with Crippen LogP contribution < -0.4 is 5.43 Å². The van der Waals surface area contributed by atoms with Crippen molar-refractivity contribution < 1.29 is 4.79 Å². The lowest BCUT2D eigenvalue weighted by Crippen LogP contribution is -2.24. The van der Waals surface area contributed by atoms with Gasteiger partial charge < -0.3 is 0 Å². The summed E-state index contributed by atoms with van der Waals surface area (Å²) in [7, 11) is 0. The second-order valence-electron chi connectivity index (χ2n) is 8.53. The molecule has 2 bridgehead atoms. The third kappa shape index (κ3) is 3.50. The van der Waals surface area contributed by atoms with Gasteiger partial charge in [-0.1, -0.05) is 60.5 Å². The van der Waals surface area contributed by atoms with Crippen molar-refractivity contribution in [2.24, 2.45) is 22.9 Å². The number of aromatic nitrogens is 1. The van der Waals surface area contributed by atoms with Crippen LogP contribution in [-0.4, -0.2) is 16.6 Å². The lowest BCUT2D eigenvalue weighted by molar-refractivity contribution is 0.0956. The number of para-hydroxylation sites is 1. The van der Waals surface area contributed by atoms with Gasteiger partial charge in [0.15, 0.2) is 0 Å². The first-order chi connectivity index (χ1) is 14.6. The molecule has 2 aliphatic carbocycles. The summed E-state index contributed by atoms with van der Waals surface area (Å²) < 4.78 is 0. The highest BCUT2D eigenvalue weighted by molar-refractivity contribution is 6.35. The Kier molecular flexibility index (Phi) is 5.03. The number of hydrogen-bond acceptors (Lipinski definition) is 3. The molecular formula is C25H24ClN3O. The number of hydrazone groups is 1. The van der Waals surface area contributed by atoms with Gasteiger partial charge in [0.25, 0.3) is 5.91 Å². The molecule has 4 nitrogen and oxygen atoms in total. The van der Waals surface area contributed by atoms with Gasteiger partial charge in [0.05, 0.1) is 21.8 Å². The van der Waals surface area contributed by atoms with E-state index in [-0.39, 0.29) is 5.91 Å². The van der Waals surface area contributed by atoms with Crippen LogP contribution in [0.15, 0.2) is 59.7 Å². The van der Waals surface area contributed by atoms with Crippen molar-refractivity contribution in [3.05, 3.63) is 65.2 Å². The van der Waals surface area contributed by atoms with Gasteiger partial charge >= 0.3 is 0 Å². The monoisotopic (exact) mass is 417 g/mol. The fraction of sp³-hybridized carbons (Fsp3) is 0.320. The summed E-state index contributed by atoms with van der Waals surface area (Å²) in [6, 6.07) is 17.2. The van der Waals surface area contributed by atoms with E-state index in [0.29, 0.717) is 22.0 Å². The average Bonchev–Trinajstić information content (AvgIpc) is 3.41. The minimum Gasteiger partial charge on any atom is -0.267 e. The quantitative estimate of drug-likeness (QED) is 0.412. The summed E-state index contributed by atoms with van der Waals surface area (Å²) in [6.07, 6.45) is 5.18. The first kappa shape index (κ1) is 19.3. The number of carbonyl (C=O) groups excluding carboxylic acids is 1. The van der Waals surface area contributed by atoms with Crippen molar-refractivity contribution in [1.82, 2.24) is 10.4 Å². The van der Waals surface area contributed by atoms with Gasteiger partial charge in [0, 0.05) is 22.6 Å². The molecule has 30 heavy (non-hydrogen) atoms. The zero-order chi connectivity index (χ0) is 20.7. The van der Waals surface area contributed by atoms with Gasteiger partial charge in [-0.25, -0.2) is 10.4 Å². The van der Waals surface area contributed by atoms with Gasteiger partial charge in [-0.15, -0.1) is 0 Å². The summed E-state index contributed by atoms with van der Waals surface area (Å²) in [5.41, 5.74) is 6.66. The second-order valence-corrected chi connectivity index (χ2v) is 8.94. The Morgan fingerprint density at radius 2 is 1.93 bits per heavy atom. The topological polar surface area (TPSA) is 54.4 Å². The van der Waals surface area contributed by atoms with E-state index in [1.807, 2.05) is 55.5 Å². The lowest BCUT2D eigenvalue weighted by atomic mass is 9.86. The number of amides is 1. The number of fused-ring (bicyclic) bond motifs is 3. The Hall–Kier alpha value is -2.72. The number of nitrogens with zero attached hydrogens (tertiary/aromatic N) is 2. The van der Waals surface area contributed by atoms with E-state index in [0.717, 1.165) is 34.2 Å². The number of halogens is 1. The van der Waals surface area contributed by atoms with Crippen LogP contribution in [0.25, 0.3) is 22.2 Å². The summed E-state index contributed by atoms with van der Waals surface area (Å²) in [5, 5.41) is 5.75. The van der Waals surface area contributed by atoms with E-state index in [4.69, 9.17) is 16.6 Å². The van der Waals surface area contributed by atoms with Gasteiger partial charge in [0.2, 0.25) is 0 Å². The molecule has 152 valence electrons. The van der Waals surface area contributed by atoms with Crippen LogP contribution >= 0.6 is 11.6 Å². The summed E-state index contributed by atoms with van der Waals surface area (Å²) in [5.74, 6) is 1.86. The summed E-state index contributed by atoms with van der Waals surface area (Å²) in [6.45, 7) is 2.04. The molecule has 0 aliphatic heterocycles. The van der Waals surface area contributed by atoms with Crippen molar-refractivity contribution in [3.8, 4) is 11.3 Å². The van der Waals surface area contributed by atoms with Gasteiger partial charge in [0.1, 0.15) is 0 Å². The highest BCUT2D eigenvalue weighted by atomic mass is 35.5. The summed E-state index contributed by atoms with van der Waals surface area (Å²) >= 11 is 6.42. The standard InChI is InChI=1S/C25H24ClN3O/c1-15(20-13-16-10-11-18(20)12-16)28-29-25(30)21-14-23(17-6-3-2-4-7-17)27-24-19(21)8-5-9-22(24)26/h2-9,14,16,18,20H,10-13H2,1H3,(H,29,30). The Balaban J connectivity index is 1.49. The maximum atomic E-state index is 13.1. The minimum atomic E-state index is -0.232. The van der Waals surface area contributed by atoms with E-state index in [1.165, 1.54) is 25.7 Å². The molecule has 5 heteroatoms. The molecule has 2 fully saturated rings. The van der Waals surface area contributed by atoms with Crippen molar-refractivity contribution >= 4 is 34.1 Å². The van der Waals surface area contributed by atoms with Crippen molar-refractivity contribution in [2.75, 3.05) is 0 Å². The smallest absolute Gasteiger partial charge is 0.267 e. The maximum Gasteiger partial charge on any atom is 0.272 e. The average molecular weight is 418 g/mol. The largest absolute Gasteiger partial charge is 0.272 e. The van der Waals surface area contributed by atoms with Crippen LogP contribution in [0, 0.1) is 17.8 Å². The Bertz CT molecular complexity index is 1140. The molecule has 3 aromatic rings. The maximum absolute atomic E-state index is 13.1. The highest BCUT2D eigenvalue weighted by Crippen LogP contribution is 2.48. The number of pyridine rings is 1. The Morgan fingerprint density at radius 3 is 2.67 bits per heavy atom. The number of rotatable bonds is 4. The predicted molar refractivity (Wildman–Crippen MR) is 122 cm³/mol. The van der Waals surface area contributed by atoms with Crippen molar-refractivity contribution in [1.29, 1.82) is 0 Å². The Labute approximate surface area is 181 Å². The first-order valence-corrected chi connectivity index (χ1v) is 11.0. The molecule has 2 aromatic carbocycles. The fourth-order valence-corrected chi connectivity index (χ4v) is 5.41. The van der Waals surface area contributed by atoms with Crippen molar-refractivity contribution in [2.45, 2.75) is 32.6 Å². The zero-order valence-electron chi connectivity index (χ0n) is 16.9. The molecule has 2 aliphatic rings. The van der Waals surface area contributed by atoms with E-state index in [2.05, 4.69) is 10.5 Å². The van der Waals surface area contributed by atoms with Crippen LogP contribution in [0.4, 0.5) is 0 Å². The molecule has 3 atom stereocenters. The van der Waals surface area contributed by atoms with E-state index < -0.39 is 0 Å². The molecule has 3 unspecified atom stereocenters. The van der Waals surface area contributed by atoms with Gasteiger partial charge in [-0.2, -0.15) is 5.10 Å². The van der Waals surface area contributed by atoms with Crippen LogP contribution in [0.1, 0.15) is 43.0 Å². The number of benzene rings is 2. The normalized spacial score (nSPS) is 23.1. The van der Waals surface area contributed by atoms with Crippen LogP contribution in [-0.2, 0) is 0 Å². The van der Waals surface area contributed by atoms with E-state index >= 15 is 0 Å². The minimum absolute atomic E-state index is 0.232. The second kappa shape index (κ2) is 7.84. The third-order valence-electron chi connectivity index (χ3n) is 6.71. The van der Waals surface area contributed by atoms with Gasteiger partial charge in [-0.3, -0.25) is 4.79 Å². The molecule has 0 saturated heterocycles. The number of nitrogens with one attached hydrogen (secondary N) is 1. The molecule has 0 spiro atoms. The zero-order valence-corrected chi connectivity index (χ0v) is 17.7. The van der Waals surface area contributed by atoms with Crippen LogP contribution in [0.5, 0.6) is 0 Å². The van der Waals surface area contributed by atoms with Gasteiger partial charge in [-0.05, 0) is 50.2 Å². The molecule has 1 heterocycles. The fourth-order valence-electron chi connectivity index (χ4n) is 5.20. The number of hydrogen-bond donors (Lipinski definition) is 1. The van der Waals surface area contributed by atoms with E-state index in [9.17, 15) is 4.79 Å². The molecular weight excluding hydrogens is 394 g/mol. The Morgan fingerprint density at radius 1 is 1.10 bits per heavy atom. The lowest BCUT2D eigenvalue weighted by Gasteiger charge is -2.21. The van der Waals surface area contributed by atoms with Crippen molar-refractivity contribution in [3.63, 3.8) is 0 Å². The number of carbonyl (C=O) groups is 1. The highest BCUT2D eigenvalue weighted by Gasteiger charge is 2.40. The first-order valence-electron chi connectivity index (χ1n) is 10.6. The molecule has 2 saturated carbocycles. The molecule has 1 amide bonds. The SMILES string of the molecule is CC(=NNC(=O)c1cc(-c2ccccc2)nc2c(Cl)cccc12)C1CC2CCC1C2. The van der Waals surface area contributed by atoms with Crippen LogP contribution in [0.3, 0.4) is 0 Å².